The zero-order chi connectivity index (χ0) is 67.5. The van der Waals surface area contributed by atoms with E-state index in [1.807, 2.05) is 41.5 Å². The first-order valence-electron chi connectivity index (χ1n) is 30.6. The fourth-order valence-corrected chi connectivity index (χ4v) is 18.7. The van der Waals surface area contributed by atoms with Crippen molar-refractivity contribution in [1.29, 1.82) is 0 Å². The number of aromatic nitrogens is 3. The molecule has 3 rings (SSSR count). The molecule has 2 aromatic rings. The summed E-state index contributed by atoms with van der Waals surface area (Å²) in [5.74, 6) is -6.21. The number of halogens is 1. The van der Waals surface area contributed by atoms with E-state index in [-0.39, 0.29) is 81.9 Å². The zero-order valence-corrected chi connectivity index (χ0v) is 56.7. The summed E-state index contributed by atoms with van der Waals surface area (Å²) in [5.41, 5.74) is 0.242. The van der Waals surface area contributed by atoms with Crippen molar-refractivity contribution in [2.75, 3.05) is 96.2 Å². The number of nitrogens with one attached hydrogen (secondary N) is 5. The van der Waals surface area contributed by atoms with Gasteiger partial charge in [0.15, 0.2) is 0 Å². The summed E-state index contributed by atoms with van der Waals surface area (Å²) in [6.45, 7) is 13.7. The molecule has 1 aliphatic heterocycles. The lowest BCUT2D eigenvalue weighted by Crippen LogP contribution is -2.47. The van der Waals surface area contributed by atoms with Crippen molar-refractivity contribution in [3.8, 4) is 0 Å². The summed E-state index contributed by atoms with van der Waals surface area (Å²) in [6.07, 6.45) is 3.19. The van der Waals surface area contributed by atoms with Crippen molar-refractivity contribution in [2.24, 2.45) is 0 Å². The molecule has 0 saturated carbocycles. The van der Waals surface area contributed by atoms with Crippen LogP contribution in [0.4, 0.5) is 3.89 Å². The molecule has 1 aliphatic rings. The third kappa shape index (κ3) is 29.2. The van der Waals surface area contributed by atoms with Gasteiger partial charge in [-0.3, -0.25) is 62.0 Å². The first kappa shape index (κ1) is 79.1. The molecular weight excluding hydrogens is 1250 g/mol. The highest BCUT2D eigenvalue weighted by Gasteiger charge is 2.48. The predicted molar refractivity (Wildman–Crippen MR) is 341 cm³/mol. The molecular formula is C57H99FN11O17P3S. The molecule has 0 radical (unpaired) electrons. The summed E-state index contributed by atoms with van der Waals surface area (Å²) in [7, 11) is -15.1. The predicted octanol–water partition coefficient (Wildman–Crippen LogP) is 5.57. The number of carbonyl (C=O) groups is 8. The smallest absolute Gasteiger partial charge is 0.326 e. The fourth-order valence-electron chi connectivity index (χ4n) is 10.1. The van der Waals surface area contributed by atoms with E-state index < -0.39 is 153 Å². The number of carboxylic acid groups (broad SMARTS) is 3. The summed E-state index contributed by atoms with van der Waals surface area (Å²) in [4.78, 5) is 138. The average Bonchev–Trinajstić information content (AvgIpc) is 0.911. The number of hydrogen-bond acceptors (Lipinski definition) is 16. The van der Waals surface area contributed by atoms with E-state index in [9.17, 15) is 71.8 Å². The van der Waals surface area contributed by atoms with Crippen molar-refractivity contribution in [3.63, 3.8) is 0 Å². The van der Waals surface area contributed by atoms with Gasteiger partial charge in [-0.1, -0.05) is 41.8 Å². The van der Waals surface area contributed by atoms with Gasteiger partial charge in [-0.2, -0.15) is 3.89 Å². The van der Waals surface area contributed by atoms with Crippen LogP contribution in [0.25, 0.3) is 0 Å². The zero-order valence-electron chi connectivity index (χ0n) is 53.2. The van der Waals surface area contributed by atoms with Crippen LogP contribution < -0.4 is 26.6 Å². The minimum atomic E-state index is -4.16. The Bertz CT molecular complexity index is 2780. The van der Waals surface area contributed by atoms with Gasteiger partial charge in [-0.25, -0.2) is 9.48 Å². The highest BCUT2D eigenvalue weighted by molar-refractivity contribution is 8.31. The molecule has 512 valence electrons. The molecule has 1 aromatic heterocycles. The SMILES string of the molecule is CCCCNC(=O)CCCCCCC(=O)NCCCCC(NC(=O)C(CNC(=O)c1ccc(S(F)(C(C)(C)C)C(C)(C)C)cc1)n1cc(CNC(=O)CCP(=O)(O)CN2CCN(CP(=O)(O)CCC(=O)O)CCN(CP(=O)(O)CCC(=O)O)CC2)nn1)C(=O)O. The highest BCUT2D eigenvalue weighted by Crippen LogP contribution is 2.74. The Morgan fingerprint density at radius 2 is 1.04 bits per heavy atom. The number of hydrogen-bond donors (Lipinski definition) is 11. The molecule has 0 bridgehead atoms. The summed E-state index contributed by atoms with van der Waals surface area (Å²) >= 11 is 0. The minimum Gasteiger partial charge on any atom is -0.481 e. The first-order valence-corrected chi connectivity index (χ1v) is 38.3. The van der Waals surface area contributed by atoms with E-state index >= 15 is 3.89 Å². The average molecular weight is 1350 g/mol. The summed E-state index contributed by atoms with van der Waals surface area (Å²) in [6, 6.07) is 3.28. The number of benzene rings is 1. The number of amides is 5. The molecule has 33 heteroatoms. The number of nitrogens with zero attached hydrogens (tertiary/aromatic N) is 6. The molecule has 0 spiro atoms. The molecule has 90 heavy (non-hydrogen) atoms. The maximum absolute atomic E-state index is 17.0. The second-order valence-corrected chi connectivity index (χ2v) is 36.1. The van der Waals surface area contributed by atoms with Crippen LogP contribution >= 0.6 is 32.5 Å². The van der Waals surface area contributed by atoms with Crippen LogP contribution in [-0.4, -0.2) is 219 Å². The molecule has 11 N–H and O–H groups in total. The highest BCUT2D eigenvalue weighted by atomic mass is 32.3. The summed E-state index contributed by atoms with van der Waals surface area (Å²) < 4.78 is 56.4. The topological polar surface area (TPSA) is 410 Å². The Kier molecular flexibility index (Phi) is 33.0. The Hall–Kier alpha value is -5.15. The lowest BCUT2D eigenvalue weighted by Gasteiger charge is -2.52. The van der Waals surface area contributed by atoms with Gasteiger partial charge in [0.05, 0.1) is 44.4 Å². The van der Waals surface area contributed by atoms with Crippen molar-refractivity contribution in [2.45, 2.75) is 171 Å². The van der Waals surface area contributed by atoms with Crippen molar-refractivity contribution in [3.05, 3.63) is 41.7 Å². The lowest BCUT2D eigenvalue weighted by molar-refractivity contribution is -0.142. The van der Waals surface area contributed by atoms with E-state index in [0.717, 1.165) is 36.8 Å². The van der Waals surface area contributed by atoms with Crippen molar-refractivity contribution in [1.82, 2.24) is 56.3 Å². The van der Waals surface area contributed by atoms with Crippen molar-refractivity contribution >= 4 is 80.0 Å². The number of carboxylic acids is 3. The Morgan fingerprint density at radius 1 is 0.600 bits per heavy atom. The maximum Gasteiger partial charge on any atom is 0.326 e. The number of carbonyl (C=O) groups excluding carboxylic acids is 5. The molecule has 0 aliphatic carbocycles. The molecule has 28 nitrogen and oxygen atoms in total. The van der Waals surface area contributed by atoms with Crippen LogP contribution in [0.15, 0.2) is 35.4 Å². The van der Waals surface area contributed by atoms with Crippen LogP contribution in [0, 0.1) is 0 Å². The third-order valence-electron chi connectivity index (χ3n) is 15.0. The second-order valence-electron chi connectivity index (χ2n) is 24.9. The maximum atomic E-state index is 17.0. The van der Waals surface area contributed by atoms with E-state index in [1.165, 1.54) is 18.3 Å². The molecule has 1 fully saturated rings. The van der Waals surface area contributed by atoms with Gasteiger partial charge in [0.25, 0.3) is 5.91 Å². The quantitative estimate of drug-likeness (QED) is 0.0287. The monoisotopic (exact) mass is 1350 g/mol. The number of rotatable bonds is 40. The van der Waals surface area contributed by atoms with Gasteiger partial charge in [-0.15, -0.1) is 5.10 Å². The first-order chi connectivity index (χ1) is 42.0. The Morgan fingerprint density at radius 3 is 1.48 bits per heavy atom. The number of aliphatic carboxylic acids is 3. The largest absolute Gasteiger partial charge is 0.481 e. The van der Waals surface area contributed by atoms with E-state index in [4.69, 9.17) is 10.2 Å². The van der Waals surface area contributed by atoms with E-state index in [2.05, 4.69) is 43.8 Å². The molecule has 2 heterocycles. The summed E-state index contributed by atoms with van der Waals surface area (Å²) in [5, 5.41) is 50.1. The van der Waals surface area contributed by atoms with Gasteiger partial charge < -0.3 is 56.6 Å². The normalized spacial score (nSPS) is 16.9. The van der Waals surface area contributed by atoms with E-state index in [0.29, 0.717) is 43.5 Å². The minimum absolute atomic E-state index is 0.0232. The van der Waals surface area contributed by atoms with Crippen LogP contribution in [0.2, 0.25) is 0 Å². The van der Waals surface area contributed by atoms with Gasteiger partial charge in [0.2, 0.25) is 45.7 Å². The van der Waals surface area contributed by atoms with Gasteiger partial charge in [-0.05, 0) is 104 Å². The second kappa shape index (κ2) is 37.5. The van der Waals surface area contributed by atoms with Crippen LogP contribution in [0.5, 0.6) is 0 Å². The molecule has 1 saturated heterocycles. The van der Waals surface area contributed by atoms with Gasteiger partial charge in [0, 0.05) is 117 Å². The van der Waals surface area contributed by atoms with Crippen molar-refractivity contribution < 1.29 is 85.9 Å². The van der Waals surface area contributed by atoms with Gasteiger partial charge >= 0.3 is 17.9 Å². The van der Waals surface area contributed by atoms with Crippen LogP contribution in [-0.2, 0) is 53.8 Å². The van der Waals surface area contributed by atoms with Crippen LogP contribution in [0.3, 0.4) is 0 Å². The Balaban J connectivity index is 1.71. The fraction of sp³-hybridized carbons (Fsp3) is 0.719. The van der Waals surface area contributed by atoms with Gasteiger partial charge in [0.1, 0.15) is 17.8 Å². The van der Waals surface area contributed by atoms with E-state index in [1.54, 1.807) is 26.8 Å². The third-order valence-corrected chi connectivity index (χ3v) is 24.6. The molecule has 5 amide bonds. The molecule has 1 aromatic carbocycles. The number of unbranched alkanes of at least 4 members (excludes halogenated alkanes) is 5. The lowest BCUT2D eigenvalue weighted by atomic mass is 10.1. The standard InChI is InChI=1S/C57H99FN11O17P3S/c1-8-9-26-59-48(70)17-12-10-11-13-18-49(71)60-27-15-14-16-46(55(79)80)63-54(78)47(38-62-53(77)43-19-21-45(22-20-43)90(58,56(2,3)4)57(5,6)7)69-39-44(64-65-69)37-61-50(72)23-34-87(81,82)40-66-28-30-67(41-88(83,84)35-24-51(73)74)32-33-68(31-29-66)42-89(85,86)36-25-52(75)76/h19-22,39,46-47H,8-18,23-38,40-42H2,1-7H3,(H,59,70)(H,60,71)(H,61,72)(H,62,77)(H,63,78)(H,73,74)(H,75,76)(H,79,80)(H,81,82)(H,83,84)(H,85,86). The Labute approximate surface area is 529 Å². The molecule has 5 atom stereocenters. The molecule has 5 unspecified atom stereocenters. The van der Waals surface area contributed by atoms with Crippen LogP contribution in [0.1, 0.15) is 160 Å².